The number of hydrogen-bond acceptors (Lipinski definition) is 3. The Kier molecular flexibility index (Phi) is 12.7. The molecule has 0 unspecified atom stereocenters. The van der Waals surface area contributed by atoms with E-state index in [0.29, 0.717) is 0 Å². The van der Waals surface area contributed by atoms with Crippen LogP contribution in [0.5, 0.6) is 0 Å². The van der Waals surface area contributed by atoms with E-state index in [1.807, 2.05) is 6.07 Å². The van der Waals surface area contributed by atoms with Crippen molar-refractivity contribution in [3.05, 3.63) is 41.5 Å². The maximum absolute atomic E-state index is 11.4. The molecule has 29 heavy (non-hydrogen) atoms. The molecule has 0 bridgehead atoms. The molecule has 0 aliphatic heterocycles. The van der Waals surface area contributed by atoms with Crippen LogP contribution in [0.2, 0.25) is 0 Å². The first kappa shape index (κ1) is 26.6. The molecule has 0 saturated carbocycles. The van der Waals surface area contributed by atoms with E-state index in [4.69, 9.17) is 0 Å². The van der Waals surface area contributed by atoms with Gasteiger partial charge in [0.1, 0.15) is 10.1 Å². The summed E-state index contributed by atoms with van der Waals surface area (Å²) in [7, 11) is -4.42. The number of hydrogen-bond donors (Lipinski definition) is 0. The predicted molar refractivity (Wildman–Crippen MR) is 117 cm³/mol. The molecule has 5 heteroatoms. The van der Waals surface area contributed by atoms with Crippen LogP contribution in [0.15, 0.2) is 35.2 Å². The van der Waals surface area contributed by atoms with E-state index >= 15 is 0 Å². The molecule has 0 amide bonds. The molecule has 0 radical (unpaired) electrons. The van der Waals surface area contributed by atoms with Crippen LogP contribution in [-0.4, -0.2) is 13.0 Å². The van der Waals surface area contributed by atoms with Gasteiger partial charge in [-0.05, 0) is 59.7 Å². The molecule has 0 N–H and O–H groups in total. The number of rotatable bonds is 13. The smallest absolute Gasteiger partial charge is 0.744 e. The Hall–Kier alpha value is -0.390. The van der Waals surface area contributed by atoms with Crippen molar-refractivity contribution in [3.63, 3.8) is 0 Å². The molecular formula is C24H35NaO3S. The van der Waals surface area contributed by atoms with Gasteiger partial charge in [0.15, 0.2) is 0 Å². The number of aryl methyl sites for hydroxylation is 2. The van der Waals surface area contributed by atoms with Crippen molar-refractivity contribution in [2.24, 2.45) is 0 Å². The fourth-order valence-electron chi connectivity index (χ4n) is 3.85. The molecule has 0 atom stereocenters. The Labute approximate surface area is 199 Å². The second-order valence-corrected chi connectivity index (χ2v) is 9.30. The van der Waals surface area contributed by atoms with E-state index in [1.165, 1.54) is 68.6 Å². The molecule has 0 spiro atoms. The van der Waals surface area contributed by atoms with Crippen molar-refractivity contribution in [3.8, 4) is 0 Å². The summed E-state index contributed by atoms with van der Waals surface area (Å²) in [5.41, 5.74) is 2.54. The number of benzene rings is 2. The average molecular weight is 427 g/mol. The zero-order chi connectivity index (χ0) is 20.4. The largest absolute Gasteiger partial charge is 1.00 e. The zero-order valence-corrected chi connectivity index (χ0v) is 21.3. The van der Waals surface area contributed by atoms with Crippen LogP contribution in [0.4, 0.5) is 0 Å². The molecule has 156 valence electrons. The number of fused-ring (bicyclic) bond motifs is 1. The van der Waals surface area contributed by atoms with Gasteiger partial charge in [-0.15, -0.1) is 0 Å². The molecule has 2 rings (SSSR count). The van der Waals surface area contributed by atoms with E-state index in [0.717, 1.165) is 36.5 Å². The summed E-state index contributed by atoms with van der Waals surface area (Å²) in [4.78, 5) is -0.131. The average Bonchev–Trinajstić information content (AvgIpc) is 2.66. The predicted octanol–water partition coefficient (Wildman–Crippen LogP) is 3.77. The van der Waals surface area contributed by atoms with Gasteiger partial charge in [0.2, 0.25) is 0 Å². The van der Waals surface area contributed by atoms with Crippen molar-refractivity contribution in [1.82, 2.24) is 0 Å². The third-order valence-corrected chi connectivity index (χ3v) is 6.31. The SMILES string of the molecule is CCCCCCCc1cc(CCCCCCC)c2ccc(S(=O)(=O)[O-])cc2c1.[Na+]. The van der Waals surface area contributed by atoms with Gasteiger partial charge < -0.3 is 4.55 Å². The first-order valence-electron chi connectivity index (χ1n) is 11.0. The summed E-state index contributed by atoms with van der Waals surface area (Å²) in [5.74, 6) is 0. The van der Waals surface area contributed by atoms with Crippen LogP contribution in [0.25, 0.3) is 10.8 Å². The summed E-state index contributed by atoms with van der Waals surface area (Å²) in [6, 6.07) is 9.19. The van der Waals surface area contributed by atoms with Crippen LogP contribution in [-0.2, 0) is 23.0 Å². The summed E-state index contributed by atoms with van der Waals surface area (Å²) in [6.45, 7) is 4.44. The summed E-state index contributed by atoms with van der Waals surface area (Å²) in [6.07, 6.45) is 14.4. The molecule has 2 aromatic carbocycles. The molecular weight excluding hydrogens is 391 g/mol. The van der Waals surface area contributed by atoms with E-state index in [9.17, 15) is 13.0 Å². The first-order chi connectivity index (χ1) is 13.5. The molecule has 0 aliphatic rings. The Morgan fingerprint density at radius 2 is 1.34 bits per heavy atom. The van der Waals surface area contributed by atoms with Crippen molar-refractivity contribution in [1.29, 1.82) is 0 Å². The summed E-state index contributed by atoms with van der Waals surface area (Å²) >= 11 is 0. The van der Waals surface area contributed by atoms with Crippen molar-refractivity contribution in [2.75, 3.05) is 0 Å². The van der Waals surface area contributed by atoms with Crippen LogP contribution in [0.3, 0.4) is 0 Å². The second-order valence-electron chi connectivity index (χ2n) is 7.92. The fraction of sp³-hybridized carbons (Fsp3) is 0.583. The maximum Gasteiger partial charge on any atom is 1.00 e. The standard InChI is InChI=1S/C24H36O3S.Na/c1-3-5-7-9-11-13-20-17-21(14-12-10-8-6-4-2)24-16-15-23(28(25,26)27)19-22(24)18-20;/h15-19H,3-14H2,1-2H3,(H,25,26,27);/q;+1/p-1. The third kappa shape index (κ3) is 9.10. The van der Waals surface area contributed by atoms with Gasteiger partial charge in [-0.3, -0.25) is 0 Å². The second kappa shape index (κ2) is 13.8. The van der Waals surface area contributed by atoms with Crippen LogP contribution in [0, 0.1) is 0 Å². The molecule has 2 aromatic rings. The van der Waals surface area contributed by atoms with Gasteiger partial charge in [0, 0.05) is 0 Å². The van der Waals surface area contributed by atoms with Crippen molar-refractivity contribution < 1.29 is 42.5 Å². The zero-order valence-electron chi connectivity index (χ0n) is 18.5. The maximum atomic E-state index is 11.4. The van der Waals surface area contributed by atoms with Gasteiger partial charge >= 0.3 is 29.6 Å². The monoisotopic (exact) mass is 426 g/mol. The normalized spacial score (nSPS) is 11.6. The third-order valence-electron chi connectivity index (χ3n) is 5.48. The van der Waals surface area contributed by atoms with Gasteiger partial charge in [-0.25, -0.2) is 8.42 Å². The van der Waals surface area contributed by atoms with Gasteiger partial charge in [0.25, 0.3) is 0 Å². The summed E-state index contributed by atoms with van der Waals surface area (Å²) in [5, 5.41) is 1.96. The Morgan fingerprint density at radius 1 is 0.759 bits per heavy atom. The van der Waals surface area contributed by atoms with E-state index in [-0.39, 0.29) is 34.5 Å². The Balaban J connectivity index is 0.00000420. The Bertz CT molecular complexity index is 847. The van der Waals surface area contributed by atoms with Crippen LogP contribution in [0.1, 0.15) is 89.2 Å². The van der Waals surface area contributed by atoms with Gasteiger partial charge in [-0.1, -0.05) is 83.4 Å². The quantitative estimate of drug-likeness (QED) is 0.278. The van der Waals surface area contributed by atoms with Crippen molar-refractivity contribution >= 4 is 20.9 Å². The van der Waals surface area contributed by atoms with Crippen LogP contribution >= 0.6 is 0 Å². The van der Waals surface area contributed by atoms with E-state index in [1.54, 1.807) is 6.07 Å². The molecule has 0 saturated heterocycles. The minimum atomic E-state index is -4.42. The molecule has 0 heterocycles. The molecule has 0 fully saturated rings. The van der Waals surface area contributed by atoms with E-state index < -0.39 is 10.1 Å². The molecule has 3 nitrogen and oxygen atoms in total. The molecule has 0 aliphatic carbocycles. The molecule has 0 aromatic heterocycles. The van der Waals surface area contributed by atoms with Crippen molar-refractivity contribution in [2.45, 2.75) is 95.8 Å². The van der Waals surface area contributed by atoms with Crippen LogP contribution < -0.4 is 29.6 Å². The van der Waals surface area contributed by atoms with E-state index in [2.05, 4.69) is 26.0 Å². The minimum absolute atomic E-state index is 0. The topological polar surface area (TPSA) is 57.2 Å². The summed E-state index contributed by atoms with van der Waals surface area (Å²) < 4.78 is 34.3. The number of unbranched alkanes of at least 4 members (excludes halogenated alkanes) is 8. The van der Waals surface area contributed by atoms with Gasteiger partial charge in [0.05, 0.1) is 4.90 Å². The Morgan fingerprint density at radius 3 is 1.93 bits per heavy atom. The minimum Gasteiger partial charge on any atom is -0.744 e. The first-order valence-corrected chi connectivity index (χ1v) is 12.4. The fourth-order valence-corrected chi connectivity index (χ4v) is 4.36. The van der Waals surface area contributed by atoms with Gasteiger partial charge in [-0.2, -0.15) is 0 Å².